The summed E-state index contributed by atoms with van der Waals surface area (Å²) in [5.41, 5.74) is 1.82. The van der Waals surface area contributed by atoms with Crippen molar-refractivity contribution in [1.82, 2.24) is 5.32 Å². The van der Waals surface area contributed by atoms with E-state index in [1.807, 2.05) is 24.3 Å². The molecule has 166 valence electrons. The Bertz CT molecular complexity index is 905. The quantitative estimate of drug-likeness (QED) is 0.735. The monoisotopic (exact) mass is 429 g/mol. The first-order valence-electron chi connectivity index (χ1n) is 11.0. The fourth-order valence-corrected chi connectivity index (χ4v) is 4.61. The van der Waals surface area contributed by atoms with Gasteiger partial charge >= 0.3 is 0 Å². The van der Waals surface area contributed by atoms with Crippen LogP contribution in [-0.4, -0.2) is 38.9 Å². The van der Waals surface area contributed by atoms with Crippen molar-refractivity contribution >= 4 is 5.91 Å². The average Bonchev–Trinajstić information content (AvgIpc) is 2.81. The molecular formula is C25H29F2NO3. The summed E-state index contributed by atoms with van der Waals surface area (Å²) in [6.07, 6.45) is 3.74. The number of benzene rings is 2. The first-order chi connectivity index (χ1) is 15.1. The smallest absolute Gasteiger partial charge is 0.226 e. The highest BCUT2D eigenvalue weighted by Gasteiger charge is 2.40. The lowest BCUT2D eigenvalue weighted by molar-refractivity contribution is -0.137. The van der Waals surface area contributed by atoms with Gasteiger partial charge in [-0.25, -0.2) is 8.78 Å². The van der Waals surface area contributed by atoms with Crippen LogP contribution in [0, 0.1) is 23.0 Å². The number of ether oxygens (including phenoxy) is 2. The van der Waals surface area contributed by atoms with Crippen molar-refractivity contribution in [2.75, 3.05) is 33.0 Å². The fourth-order valence-electron chi connectivity index (χ4n) is 4.61. The molecule has 0 radical (unpaired) electrons. The molecule has 0 spiro atoms. The first-order valence-corrected chi connectivity index (χ1v) is 11.0. The van der Waals surface area contributed by atoms with Gasteiger partial charge < -0.3 is 14.8 Å². The highest BCUT2D eigenvalue weighted by molar-refractivity contribution is 5.83. The largest absolute Gasteiger partial charge is 0.381 e. The van der Waals surface area contributed by atoms with E-state index in [1.54, 1.807) is 6.07 Å². The Labute approximate surface area is 181 Å². The third-order valence-corrected chi connectivity index (χ3v) is 6.60. The second kappa shape index (κ2) is 9.88. The third kappa shape index (κ3) is 5.13. The van der Waals surface area contributed by atoms with Crippen LogP contribution in [0.4, 0.5) is 8.78 Å². The Hall–Kier alpha value is -2.31. The van der Waals surface area contributed by atoms with Crippen LogP contribution >= 0.6 is 0 Å². The van der Waals surface area contributed by atoms with E-state index >= 15 is 0 Å². The van der Waals surface area contributed by atoms with E-state index in [-0.39, 0.29) is 5.91 Å². The average molecular weight is 430 g/mol. The molecule has 0 saturated carbocycles. The van der Waals surface area contributed by atoms with Crippen molar-refractivity contribution in [2.45, 2.75) is 32.1 Å². The predicted molar refractivity (Wildman–Crippen MR) is 115 cm³/mol. The van der Waals surface area contributed by atoms with Crippen molar-refractivity contribution in [3.8, 4) is 11.1 Å². The molecule has 2 aromatic rings. The second-order valence-electron chi connectivity index (χ2n) is 8.62. The van der Waals surface area contributed by atoms with Crippen LogP contribution in [0.3, 0.4) is 0 Å². The van der Waals surface area contributed by atoms with E-state index in [2.05, 4.69) is 5.32 Å². The van der Waals surface area contributed by atoms with Crippen LogP contribution in [-0.2, 0) is 20.7 Å². The number of halogens is 2. The molecule has 2 saturated heterocycles. The Morgan fingerprint density at radius 3 is 2.42 bits per heavy atom. The van der Waals surface area contributed by atoms with E-state index in [0.717, 1.165) is 43.2 Å². The molecule has 31 heavy (non-hydrogen) atoms. The number of rotatable bonds is 6. The van der Waals surface area contributed by atoms with Gasteiger partial charge in [0.2, 0.25) is 5.91 Å². The zero-order valence-corrected chi connectivity index (χ0v) is 17.7. The Kier molecular flexibility index (Phi) is 6.98. The summed E-state index contributed by atoms with van der Waals surface area (Å²) < 4.78 is 38.3. The van der Waals surface area contributed by atoms with Crippen LogP contribution in [0.2, 0.25) is 0 Å². The third-order valence-electron chi connectivity index (χ3n) is 6.60. The van der Waals surface area contributed by atoms with Gasteiger partial charge in [0.25, 0.3) is 0 Å². The lowest BCUT2D eigenvalue weighted by Crippen LogP contribution is -2.47. The molecule has 6 heteroatoms. The SMILES string of the molecule is O=C(NCC1CCOCC1)C1(Cc2ccccc2-c2ccc(F)c(F)c2)CCOCC1. The van der Waals surface area contributed by atoms with E-state index in [4.69, 9.17) is 9.47 Å². The molecule has 0 bridgehead atoms. The zero-order valence-electron chi connectivity index (χ0n) is 17.7. The van der Waals surface area contributed by atoms with Gasteiger partial charge in [-0.05, 0) is 66.8 Å². The van der Waals surface area contributed by atoms with Crippen molar-refractivity contribution in [2.24, 2.45) is 11.3 Å². The van der Waals surface area contributed by atoms with Crippen LogP contribution in [0.25, 0.3) is 11.1 Å². The summed E-state index contributed by atoms with van der Waals surface area (Å²) in [4.78, 5) is 13.4. The fraction of sp³-hybridized carbons (Fsp3) is 0.480. The van der Waals surface area contributed by atoms with Gasteiger partial charge in [-0.15, -0.1) is 0 Å². The lowest BCUT2D eigenvalue weighted by Gasteiger charge is -2.37. The van der Waals surface area contributed by atoms with Crippen LogP contribution < -0.4 is 5.32 Å². The minimum absolute atomic E-state index is 0.0578. The maximum Gasteiger partial charge on any atom is 0.226 e. The molecule has 2 heterocycles. The summed E-state index contributed by atoms with van der Waals surface area (Å²) in [5, 5.41) is 3.20. The Balaban J connectivity index is 1.56. The molecule has 0 unspecified atom stereocenters. The topological polar surface area (TPSA) is 47.6 Å². The van der Waals surface area contributed by atoms with Gasteiger partial charge in [-0.3, -0.25) is 4.79 Å². The molecule has 4 rings (SSSR count). The maximum atomic E-state index is 13.9. The molecule has 0 aromatic heterocycles. The summed E-state index contributed by atoms with van der Waals surface area (Å²) >= 11 is 0. The normalized spacial score (nSPS) is 19.2. The van der Waals surface area contributed by atoms with Gasteiger partial charge in [0.05, 0.1) is 5.41 Å². The number of amides is 1. The number of hydrogen-bond donors (Lipinski definition) is 1. The standard InChI is InChI=1S/C25H29F2NO3/c26-22-6-5-19(15-23(22)27)21-4-2-1-3-20(21)16-25(9-13-31-14-10-25)24(29)28-17-18-7-11-30-12-8-18/h1-6,15,18H,7-14,16-17H2,(H,28,29). The molecule has 2 aliphatic rings. The maximum absolute atomic E-state index is 13.9. The van der Waals surface area contributed by atoms with E-state index in [9.17, 15) is 13.6 Å². The number of hydrogen-bond acceptors (Lipinski definition) is 3. The van der Waals surface area contributed by atoms with Crippen LogP contribution in [0.5, 0.6) is 0 Å². The number of nitrogens with one attached hydrogen (secondary N) is 1. The molecule has 2 aromatic carbocycles. The van der Waals surface area contributed by atoms with Gasteiger partial charge in [0, 0.05) is 33.0 Å². The summed E-state index contributed by atoms with van der Waals surface area (Å²) in [5.74, 6) is -1.23. The van der Waals surface area contributed by atoms with Gasteiger partial charge in [0.15, 0.2) is 11.6 Å². The Morgan fingerprint density at radius 1 is 0.968 bits per heavy atom. The van der Waals surface area contributed by atoms with E-state index in [0.29, 0.717) is 50.5 Å². The summed E-state index contributed by atoms with van der Waals surface area (Å²) in [7, 11) is 0. The van der Waals surface area contributed by atoms with E-state index in [1.165, 1.54) is 6.07 Å². The number of carbonyl (C=O) groups is 1. The second-order valence-corrected chi connectivity index (χ2v) is 8.62. The van der Waals surface area contributed by atoms with Crippen molar-refractivity contribution < 1.29 is 23.0 Å². The predicted octanol–water partition coefficient (Wildman–Crippen LogP) is 4.51. The minimum atomic E-state index is -0.873. The molecule has 0 atom stereocenters. The van der Waals surface area contributed by atoms with Crippen LogP contribution in [0.1, 0.15) is 31.2 Å². The van der Waals surface area contributed by atoms with Gasteiger partial charge in [-0.1, -0.05) is 30.3 Å². The highest BCUT2D eigenvalue weighted by Crippen LogP contribution is 2.38. The molecule has 1 amide bonds. The number of carbonyl (C=O) groups excluding carboxylic acids is 1. The molecule has 2 aliphatic heterocycles. The molecule has 4 nitrogen and oxygen atoms in total. The zero-order chi connectivity index (χ0) is 21.7. The lowest BCUT2D eigenvalue weighted by atomic mass is 9.73. The minimum Gasteiger partial charge on any atom is -0.381 e. The summed E-state index contributed by atoms with van der Waals surface area (Å²) in [6.45, 7) is 3.24. The first kappa shape index (κ1) is 21.9. The van der Waals surface area contributed by atoms with Crippen molar-refractivity contribution in [3.05, 3.63) is 59.7 Å². The van der Waals surface area contributed by atoms with E-state index < -0.39 is 17.0 Å². The molecule has 2 fully saturated rings. The van der Waals surface area contributed by atoms with Gasteiger partial charge in [-0.2, -0.15) is 0 Å². The van der Waals surface area contributed by atoms with Gasteiger partial charge in [0.1, 0.15) is 0 Å². The van der Waals surface area contributed by atoms with Crippen molar-refractivity contribution in [1.29, 1.82) is 0 Å². The molecular weight excluding hydrogens is 400 g/mol. The van der Waals surface area contributed by atoms with Crippen LogP contribution in [0.15, 0.2) is 42.5 Å². The molecule has 0 aliphatic carbocycles. The Morgan fingerprint density at radius 2 is 1.68 bits per heavy atom. The molecule has 1 N–H and O–H groups in total. The summed E-state index contributed by atoms with van der Waals surface area (Å²) in [6, 6.07) is 11.6. The highest BCUT2D eigenvalue weighted by atomic mass is 19.2. The van der Waals surface area contributed by atoms with Crippen molar-refractivity contribution in [3.63, 3.8) is 0 Å².